The molecule has 1 amide bonds. The number of hydrogen-bond donors (Lipinski definition) is 1. The number of amides is 1. The zero-order valence-electron chi connectivity index (χ0n) is 14.3. The van der Waals surface area contributed by atoms with Crippen molar-refractivity contribution in [2.75, 3.05) is 6.54 Å². The molecule has 0 saturated carbocycles. The number of aromatic nitrogens is 3. The number of aryl methyl sites for hydroxylation is 1. The van der Waals surface area contributed by atoms with Crippen LogP contribution in [0.25, 0.3) is 0 Å². The fraction of sp³-hybridized carbons (Fsp3) is 0.588. The highest BCUT2D eigenvalue weighted by Crippen LogP contribution is 2.38. The lowest BCUT2D eigenvalue weighted by molar-refractivity contribution is 0.0941. The van der Waals surface area contributed by atoms with E-state index in [9.17, 15) is 4.79 Å². The summed E-state index contributed by atoms with van der Waals surface area (Å²) in [6.45, 7) is 7.85. The van der Waals surface area contributed by atoms with Crippen molar-refractivity contribution in [3.63, 3.8) is 0 Å². The summed E-state index contributed by atoms with van der Waals surface area (Å²) in [4.78, 5) is 12.5. The van der Waals surface area contributed by atoms with Gasteiger partial charge in [0.25, 0.3) is 5.91 Å². The molecule has 1 unspecified atom stereocenters. The molecule has 6 nitrogen and oxygen atoms in total. The van der Waals surface area contributed by atoms with Gasteiger partial charge in [-0.3, -0.25) is 9.48 Å². The summed E-state index contributed by atoms with van der Waals surface area (Å²) in [6, 6.07) is 0. The molecule has 0 aliphatic heterocycles. The largest absolute Gasteiger partial charge is 0.360 e. The number of carbonyl (C=O) groups is 1. The quantitative estimate of drug-likeness (QED) is 0.863. The Bertz CT molecular complexity index is 729. The molecular weight excluding hydrogens is 372 g/mol. The van der Waals surface area contributed by atoms with Crippen LogP contribution in [0.2, 0.25) is 0 Å². The van der Waals surface area contributed by atoms with Crippen molar-refractivity contribution in [3.05, 3.63) is 33.9 Å². The Balaban J connectivity index is 1.63. The second kappa shape index (κ2) is 6.70. The minimum atomic E-state index is -0.166. The van der Waals surface area contributed by atoms with E-state index in [2.05, 4.69) is 52.3 Å². The van der Waals surface area contributed by atoms with Crippen molar-refractivity contribution >= 4 is 21.8 Å². The normalized spacial score (nSPS) is 17.6. The first-order valence-electron chi connectivity index (χ1n) is 8.28. The second-order valence-electron chi connectivity index (χ2n) is 7.42. The summed E-state index contributed by atoms with van der Waals surface area (Å²) in [7, 11) is 0. The van der Waals surface area contributed by atoms with Crippen LogP contribution >= 0.6 is 15.9 Å². The zero-order chi connectivity index (χ0) is 17.3. The van der Waals surface area contributed by atoms with E-state index >= 15 is 0 Å². The molecular formula is C17H23BrN4O2. The highest BCUT2D eigenvalue weighted by Gasteiger charge is 2.34. The molecule has 2 aromatic heterocycles. The van der Waals surface area contributed by atoms with E-state index in [1.54, 1.807) is 10.9 Å². The Morgan fingerprint density at radius 2 is 2.29 bits per heavy atom. The zero-order valence-corrected chi connectivity index (χ0v) is 15.9. The molecule has 2 heterocycles. The van der Waals surface area contributed by atoms with E-state index in [-0.39, 0.29) is 11.3 Å². The minimum absolute atomic E-state index is 0.166. The van der Waals surface area contributed by atoms with Gasteiger partial charge in [0.05, 0.1) is 17.2 Å². The molecule has 1 atom stereocenters. The van der Waals surface area contributed by atoms with Crippen LogP contribution in [0.1, 0.15) is 49.0 Å². The topological polar surface area (TPSA) is 73.0 Å². The van der Waals surface area contributed by atoms with Gasteiger partial charge >= 0.3 is 0 Å². The van der Waals surface area contributed by atoms with Gasteiger partial charge in [-0.2, -0.15) is 5.10 Å². The highest BCUT2D eigenvalue weighted by molar-refractivity contribution is 9.10. The van der Waals surface area contributed by atoms with E-state index in [1.807, 2.05) is 6.20 Å². The lowest BCUT2D eigenvalue weighted by Gasteiger charge is -2.33. The van der Waals surface area contributed by atoms with Crippen molar-refractivity contribution in [2.24, 2.45) is 11.3 Å². The van der Waals surface area contributed by atoms with Gasteiger partial charge in [-0.1, -0.05) is 25.9 Å². The molecule has 0 aromatic carbocycles. The van der Waals surface area contributed by atoms with Crippen molar-refractivity contribution in [1.29, 1.82) is 0 Å². The van der Waals surface area contributed by atoms with Crippen LogP contribution in [-0.2, 0) is 19.4 Å². The Labute approximate surface area is 150 Å². The molecule has 0 bridgehead atoms. The summed E-state index contributed by atoms with van der Waals surface area (Å²) in [5.41, 5.74) is 1.65. The third kappa shape index (κ3) is 3.71. The molecule has 7 heteroatoms. The van der Waals surface area contributed by atoms with Gasteiger partial charge in [-0.25, -0.2) is 0 Å². The Hall–Kier alpha value is -1.63. The molecule has 1 aliphatic carbocycles. The summed E-state index contributed by atoms with van der Waals surface area (Å²) < 4.78 is 8.10. The molecule has 0 saturated heterocycles. The maximum absolute atomic E-state index is 12.5. The predicted octanol–water partition coefficient (Wildman–Crippen LogP) is 3.21. The number of rotatable bonds is 4. The molecule has 3 rings (SSSR count). The summed E-state index contributed by atoms with van der Waals surface area (Å²) in [5.74, 6) is 1.25. The molecule has 24 heavy (non-hydrogen) atoms. The van der Waals surface area contributed by atoms with Gasteiger partial charge in [-0.05, 0) is 40.1 Å². The number of hydrogen-bond acceptors (Lipinski definition) is 4. The van der Waals surface area contributed by atoms with Gasteiger partial charge < -0.3 is 9.84 Å². The van der Waals surface area contributed by atoms with E-state index in [1.165, 1.54) is 0 Å². The van der Waals surface area contributed by atoms with Crippen molar-refractivity contribution in [2.45, 2.75) is 46.6 Å². The Kier molecular flexibility index (Phi) is 4.80. The first kappa shape index (κ1) is 17.2. The third-order valence-corrected chi connectivity index (χ3v) is 5.12. The first-order valence-corrected chi connectivity index (χ1v) is 9.07. The van der Waals surface area contributed by atoms with E-state index in [0.717, 1.165) is 35.1 Å². The monoisotopic (exact) mass is 394 g/mol. The van der Waals surface area contributed by atoms with Crippen LogP contribution in [0.4, 0.5) is 0 Å². The number of nitrogens with one attached hydrogen (secondary N) is 1. The van der Waals surface area contributed by atoms with Crippen LogP contribution in [-0.4, -0.2) is 27.4 Å². The van der Waals surface area contributed by atoms with Crippen LogP contribution in [0.15, 0.2) is 21.4 Å². The summed E-state index contributed by atoms with van der Waals surface area (Å²) in [6.07, 6.45) is 6.40. The SMILES string of the molecule is CC(C)(C)C1CCc2onc(C(=O)NCCn3cc(Br)cn3)c2C1. The molecule has 0 spiro atoms. The fourth-order valence-electron chi connectivity index (χ4n) is 3.15. The fourth-order valence-corrected chi connectivity index (χ4v) is 3.48. The van der Waals surface area contributed by atoms with Gasteiger partial charge in [-0.15, -0.1) is 0 Å². The Morgan fingerprint density at radius 3 is 2.96 bits per heavy atom. The van der Waals surface area contributed by atoms with Crippen LogP contribution < -0.4 is 5.32 Å². The molecule has 0 fully saturated rings. The van der Waals surface area contributed by atoms with Crippen LogP contribution in [0.3, 0.4) is 0 Å². The third-order valence-electron chi connectivity index (χ3n) is 4.71. The van der Waals surface area contributed by atoms with Crippen molar-refractivity contribution < 1.29 is 9.32 Å². The average molecular weight is 395 g/mol. The van der Waals surface area contributed by atoms with Crippen molar-refractivity contribution in [3.8, 4) is 0 Å². The predicted molar refractivity (Wildman–Crippen MR) is 93.7 cm³/mol. The maximum atomic E-state index is 12.5. The maximum Gasteiger partial charge on any atom is 0.273 e. The lowest BCUT2D eigenvalue weighted by atomic mass is 9.71. The second-order valence-corrected chi connectivity index (χ2v) is 8.33. The summed E-state index contributed by atoms with van der Waals surface area (Å²) in [5, 5.41) is 11.1. The number of nitrogens with zero attached hydrogens (tertiary/aromatic N) is 3. The van der Waals surface area contributed by atoms with E-state index < -0.39 is 0 Å². The Morgan fingerprint density at radius 1 is 1.50 bits per heavy atom. The first-order chi connectivity index (χ1) is 11.3. The van der Waals surface area contributed by atoms with E-state index in [0.29, 0.717) is 24.7 Å². The van der Waals surface area contributed by atoms with Crippen LogP contribution in [0, 0.1) is 11.3 Å². The van der Waals surface area contributed by atoms with Gasteiger partial charge in [0.1, 0.15) is 5.76 Å². The average Bonchev–Trinajstić information content (AvgIpc) is 3.11. The lowest BCUT2D eigenvalue weighted by Crippen LogP contribution is -2.31. The number of carbonyl (C=O) groups excluding carboxylic acids is 1. The highest BCUT2D eigenvalue weighted by atomic mass is 79.9. The van der Waals surface area contributed by atoms with Gasteiger partial charge in [0.2, 0.25) is 0 Å². The molecule has 1 aliphatic rings. The molecule has 0 radical (unpaired) electrons. The molecule has 1 N–H and O–H groups in total. The van der Waals surface area contributed by atoms with Gasteiger partial charge in [0.15, 0.2) is 5.69 Å². The number of fused-ring (bicyclic) bond motifs is 1. The molecule has 130 valence electrons. The molecule has 2 aromatic rings. The van der Waals surface area contributed by atoms with Gasteiger partial charge in [0, 0.05) is 24.7 Å². The van der Waals surface area contributed by atoms with E-state index in [4.69, 9.17) is 4.52 Å². The summed E-state index contributed by atoms with van der Waals surface area (Å²) >= 11 is 3.35. The number of halogens is 1. The minimum Gasteiger partial charge on any atom is -0.360 e. The van der Waals surface area contributed by atoms with Crippen LogP contribution in [0.5, 0.6) is 0 Å². The standard InChI is InChI=1S/C17H23BrN4O2/c1-17(2,3)11-4-5-14-13(8-11)15(21-24-14)16(23)19-6-7-22-10-12(18)9-20-22/h9-11H,4-8H2,1-3H3,(H,19,23). The smallest absolute Gasteiger partial charge is 0.273 e. The van der Waals surface area contributed by atoms with Crippen molar-refractivity contribution in [1.82, 2.24) is 20.3 Å².